The fourth-order valence-electron chi connectivity index (χ4n) is 3.95. The number of rotatable bonds is 8. The zero-order valence-electron chi connectivity index (χ0n) is 19.9. The number of hydrogen-bond donors (Lipinski definition) is 2. The van der Waals surface area contributed by atoms with Crippen molar-refractivity contribution < 1.29 is 21.6 Å². The molecule has 0 spiro atoms. The minimum absolute atomic E-state index is 0.0671. The summed E-state index contributed by atoms with van der Waals surface area (Å²) in [6, 6.07) is 19.5. The van der Waals surface area contributed by atoms with Gasteiger partial charge in [0.05, 0.1) is 9.79 Å². The normalized spacial score (nSPS) is 15.3. The summed E-state index contributed by atoms with van der Waals surface area (Å²) in [6.45, 7) is 0.507. The number of carbonyl (C=O) groups is 1. The van der Waals surface area contributed by atoms with E-state index >= 15 is 0 Å². The van der Waals surface area contributed by atoms with E-state index < -0.39 is 20.0 Å². The Morgan fingerprint density at radius 3 is 1.95 bits per heavy atom. The Balaban J connectivity index is 1.33. The van der Waals surface area contributed by atoms with Crippen LogP contribution in [0.25, 0.3) is 0 Å². The molecular formula is C25H26BrN3O5S3. The topological polar surface area (TPSA) is 113 Å². The summed E-state index contributed by atoms with van der Waals surface area (Å²) in [4.78, 5) is 14.1. The van der Waals surface area contributed by atoms with Gasteiger partial charge in [0.25, 0.3) is 10.0 Å². The third-order valence-corrected chi connectivity index (χ3v) is 10.6. The van der Waals surface area contributed by atoms with Gasteiger partial charge in [0, 0.05) is 39.8 Å². The van der Waals surface area contributed by atoms with Crippen molar-refractivity contribution in [2.45, 2.75) is 27.5 Å². The van der Waals surface area contributed by atoms with E-state index in [0.717, 1.165) is 9.37 Å². The molecule has 4 rings (SSSR count). The number of halogens is 1. The number of amides is 1. The Bertz CT molecular complexity index is 1450. The Kier molecular flexibility index (Phi) is 8.64. The van der Waals surface area contributed by atoms with E-state index in [2.05, 4.69) is 26.0 Å². The van der Waals surface area contributed by atoms with Crippen molar-refractivity contribution in [1.29, 1.82) is 0 Å². The average molecular weight is 625 g/mol. The molecular weight excluding hydrogens is 598 g/mol. The first kappa shape index (κ1) is 27.6. The number of sulfonamides is 2. The Hall–Kier alpha value is -2.38. The summed E-state index contributed by atoms with van der Waals surface area (Å²) >= 11 is 4.85. The van der Waals surface area contributed by atoms with Crippen molar-refractivity contribution in [2.24, 2.45) is 5.92 Å². The molecule has 0 radical (unpaired) electrons. The lowest BCUT2D eigenvalue weighted by molar-refractivity contribution is -0.120. The number of benzene rings is 3. The molecule has 196 valence electrons. The smallest absolute Gasteiger partial charge is 0.261 e. The molecule has 3 aromatic carbocycles. The number of nitrogens with zero attached hydrogens (tertiary/aromatic N) is 1. The van der Waals surface area contributed by atoms with Gasteiger partial charge in [-0.2, -0.15) is 4.31 Å². The molecule has 1 aliphatic rings. The summed E-state index contributed by atoms with van der Waals surface area (Å²) in [6.07, 6.45) is 2.73. The Labute approximate surface area is 230 Å². The maximum absolute atomic E-state index is 13.0. The van der Waals surface area contributed by atoms with Gasteiger partial charge in [-0.3, -0.25) is 9.52 Å². The van der Waals surface area contributed by atoms with Crippen LogP contribution < -0.4 is 10.0 Å². The second-order valence-corrected chi connectivity index (χ2v) is 13.9. The van der Waals surface area contributed by atoms with Crippen molar-refractivity contribution in [3.63, 3.8) is 0 Å². The molecule has 0 bridgehead atoms. The van der Waals surface area contributed by atoms with Crippen LogP contribution in [0.2, 0.25) is 0 Å². The monoisotopic (exact) mass is 623 g/mol. The molecule has 1 aliphatic heterocycles. The molecule has 1 heterocycles. The number of carbonyl (C=O) groups excluding carboxylic acids is 1. The Morgan fingerprint density at radius 1 is 0.838 bits per heavy atom. The van der Waals surface area contributed by atoms with Gasteiger partial charge in [0.2, 0.25) is 15.9 Å². The van der Waals surface area contributed by atoms with Gasteiger partial charge >= 0.3 is 0 Å². The van der Waals surface area contributed by atoms with Gasteiger partial charge in [0.1, 0.15) is 0 Å². The Morgan fingerprint density at radius 2 is 1.38 bits per heavy atom. The summed E-state index contributed by atoms with van der Waals surface area (Å²) < 4.78 is 56.0. The molecule has 1 saturated heterocycles. The van der Waals surface area contributed by atoms with Crippen LogP contribution in [0.5, 0.6) is 0 Å². The predicted molar refractivity (Wildman–Crippen MR) is 150 cm³/mol. The van der Waals surface area contributed by atoms with Crippen molar-refractivity contribution in [1.82, 2.24) is 4.31 Å². The summed E-state index contributed by atoms with van der Waals surface area (Å²) in [7, 11) is -7.39. The largest absolute Gasteiger partial charge is 0.326 e. The molecule has 0 saturated carbocycles. The molecule has 3 aromatic rings. The molecule has 8 nitrogen and oxygen atoms in total. The van der Waals surface area contributed by atoms with Crippen molar-refractivity contribution in [2.75, 3.05) is 29.4 Å². The molecule has 2 N–H and O–H groups in total. The van der Waals surface area contributed by atoms with Gasteiger partial charge in [-0.1, -0.05) is 15.9 Å². The third-order valence-electron chi connectivity index (χ3n) is 6.05. The van der Waals surface area contributed by atoms with Gasteiger partial charge in [-0.15, -0.1) is 11.8 Å². The SMILES string of the molecule is CSc1ccc(S(=O)(=O)N2CCC(C(=O)Nc3ccc(S(=O)(=O)Nc4ccc(Br)cc4)cc3)CC2)cc1. The van der Waals surface area contributed by atoms with E-state index in [4.69, 9.17) is 0 Å². The third kappa shape index (κ3) is 6.74. The predicted octanol–water partition coefficient (Wildman–Crippen LogP) is 5.01. The second-order valence-electron chi connectivity index (χ2n) is 8.48. The number of piperidine rings is 1. The zero-order valence-corrected chi connectivity index (χ0v) is 24.0. The van der Waals surface area contributed by atoms with Gasteiger partial charge in [-0.05, 0) is 91.9 Å². The minimum Gasteiger partial charge on any atom is -0.326 e. The quantitative estimate of drug-likeness (QED) is 0.341. The summed E-state index contributed by atoms with van der Waals surface area (Å²) in [5.74, 6) is -0.558. The molecule has 1 fully saturated rings. The van der Waals surface area contributed by atoms with Crippen molar-refractivity contribution >= 4 is 65.0 Å². The minimum atomic E-state index is -3.78. The zero-order chi connectivity index (χ0) is 26.6. The lowest BCUT2D eigenvalue weighted by Gasteiger charge is -2.30. The van der Waals surface area contributed by atoms with Crippen LogP contribution in [0.3, 0.4) is 0 Å². The summed E-state index contributed by atoms with van der Waals surface area (Å²) in [5, 5.41) is 2.81. The first-order chi connectivity index (χ1) is 17.6. The maximum Gasteiger partial charge on any atom is 0.261 e. The van der Waals surface area contributed by atoms with Crippen molar-refractivity contribution in [3.8, 4) is 0 Å². The highest BCUT2D eigenvalue weighted by Gasteiger charge is 2.32. The standard InChI is InChI=1S/C25H26BrN3O5S3/c1-35-22-8-12-24(13-9-22)37(33,34)29-16-14-18(15-17-29)25(30)27-20-6-10-23(11-7-20)36(31,32)28-21-4-2-19(26)3-5-21/h2-13,18,28H,14-17H2,1H3,(H,27,30). The van der Waals surface area contributed by atoms with Crippen LogP contribution in [-0.4, -0.2) is 46.4 Å². The number of hydrogen-bond acceptors (Lipinski definition) is 6. The molecule has 1 amide bonds. The van der Waals surface area contributed by atoms with E-state index in [9.17, 15) is 21.6 Å². The highest BCUT2D eigenvalue weighted by atomic mass is 79.9. The molecule has 0 unspecified atom stereocenters. The van der Waals surface area contributed by atoms with Crippen LogP contribution in [0, 0.1) is 5.92 Å². The molecule has 0 aliphatic carbocycles. The van der Waals surface area contributed by atoms with Gasteiger partial charge in [0.15, 0.2) is 0 Å². The average Bonchev–Trinajstić information content (AvgIpc) is 2.90. The first-order valence-electron chi connectivity index (χ1n) is 11.4. The van der Waals surface area contributed by atoms with Gasteiger partial charge in [-0.25, -0.2) is 16.8 Å². The van der Waals surface area contributed by atoms with Crippen LogP contribution >= 0.6 is 27.7 Å². The van der Waals surface area contributed by atoms with E-state index in [1.165, 1.54) is 28.6 Å². The molecule has 0 aromatic heterocycles. The van der Waals surface area contributed by atoms with Gasteiger partial charge < -0.3 is 5.32 Å². The van der Waals surface area contributed by atoms with E-state index in [0.29, 0.717) is 24.2 Å². The van der Waals surface area contributed by atoms with Crippen LogP contribution in [0.15, 0.2) is 92.0 Å². The molecule has 12 heteroatoms. The van der Waals surface area contributed by atoms with E-state index in [-0.39, 0.29) is 34.7 Å². The fraction of sp³-hybridized carbons (Fsp3) is 0.240. The highest BCUT2D eigenvalue weighted by Crippen LogP contribution is 2.27. The number of thioether (sulfide) groups is 1. The first-order valence-corrected chi connectivity index (χ1v) is 16.4. The number of nitrogens with one attached hydrogen (secondary N) is 2. The lowest BCUT2D eigenvalue weighted by Crippen LogP contribution is -2.41. The number of anilines is 2. The molecule has 0 atom stereocenters. The maximum atomic E-state index is 13.0. The van der Waals surface area contributed by atoms with Crippen LogP contribution in [0.4, 0.5) is 11.4 Å². The van der Waals surface area contributed by atoms with Crippen LogP contribution in [-0.2, 0) is 24.8 Å². The van der Waals surface area contributed by atoms with Crippen molar-refractivity contribution in [3.05, 3.63) is 77.3 Å². The van der Waals surface area contributed by atoms with Crippen LogP contribution in [0.1, 0.15) is 12.8 Å². The fourth-order valence-corrected chi connectivity index (χ4v) is 7.15. The lowest BCUT2D eigenvalue weighted by atomic mass is 9.97. The van der Waals surface area contributed by atoms with E-state index in [1.54, 1.807) is 60.3 Å². The second kappa shape index (κ2) is 11.6. The summed E-state index contributed by atoms with van der Waals surface area (Å²) in [5.41, 5.74) is 0.905. The van der Waals surface area contributed by atoms with E-state index in [1.807, 2.05) is 6.26 Å². The highest BCUT2D eigenvalue weighted by molar-refractivity contribution is 9.10. The molecule has 37 heavy (non-hydrogen) atoms.